The summed E-state index contributed by atoms with van der Waals surface area (Å²) in [7, 11) is 0. The third kappa shape index (κ3) is 2.65. The average molecular weight is 258 g/mol. The lowest BCUT2D eigenvalue weighted by atomic mass is 10.4. The molecule has 2 rings (SSSR count). The highest BCUT2D eigenvalue weighted by Crippen LogP contribution is 2.22. The van der Waals surface area contributed by atoms with Crippen LogP contribution in [0.4, 0.5) is 5.82 Å². The summed E-state index contributed by atoms with van der Waals surface area (Å²) < 4.78 is 5.04. The van der Waals surface area contributed by atoms with Gasteiger partial charge in [0.05, 0.1) is 22.3 Å². The van der Waals surface area contributed by atoms with Crippen LogP contribution < -0.4 is 5.32 Å². The van der Waals surface area contributed by atoms with E-state index in [1.165, 1.54) is 6.20 Å². The van der Waals surface area contributed by atoms with E-state index in [4.69, 9.17) is 27.7 Å². The van der Waals surface area contributed by atoms with Gasteiger partial charge in [0.2, 0.25) is 0 Å². The van der Waals surface area contributed by atoms with E-state index in [0.29, 0.717) is 22.4 Å². The molecule has 2 aromatic heterocycles. The number of aromatic nitrogens is 2. The lowest BCUT2D eigenvalue weighted by Crippen LogP contribution is -2.00. The summed E-state index contributed by atoms with van der Waals surface area (Å²) in [5, 5.41) is 7.79. The lowest BCUT2D eigenvalue weighted by molar-refractivity contribution is 0.384. The van der Waals surface area contributed by atoms with Gasteiger partial charge in [0.15, 0.2) is 5.76 Å². The molecule has 0 spiro atoms. The van der Waals surface area contributed by atoms with Gasteiger partial charge < -0.3 is 9.84 Å². The minimum absolute atomic E-state index is 0.476. The molecule has 2 aromatic rings. The van der Waals surface area contributed by atoms with Crippen molar-refractivity contribution in [1.82, 2.24) is 10.1 Å². The lowest BCUT2D eigenvalue weighted by Gasteiger charge is -2.04. The Morgan fingerprint density at radius 3 is 2.81 bits per heavy atom. The molecule has 2 heterocycles. The molecule has 0 atom stereocenters. The van der Waals surface area contributed by atoms with E-state index in [1.807, 2.05) is 13.0 Å². The molecule has 0 aromatic carbocycles. The van der Waals surface area contributed by atoms with Gasteiger partial charge in [-0.2, -0.15) is 0 Å². The van der Waals surface area contributed by atoms with Gasteiger partial charge in [-0.15, -0.1) is 0 Å². The molecule has 0 saturated heterocycles. The molecule has 6 heteroatoms. The van der Waals surface area contributed by atoms with Gasteiger partial charge >= 0.3 is 0 Å². The average Bonchev–Trinajstić information content (AvgIpc) is 2.63. The Morgan fingerprint density at radius 2 is 2.19 bits per heavy atom. The van der Waals surface area contributed by atoms with Gasteiger partial charge in [0.25, 0.3) is 0 Å². The number of nitrogens with one attached hydrogen (secondary N) is 1. The maximum Gasteiger partial charge on any atom is 0.156 e. The van der Waals surface area contributed by atoms with Crippen molar-refractivity contribution in [3.05, 3.63) is 39.8 Å². The maximum absolute atomic E-state index is 5.95. The van der Waals surface area contributed by atoms with Crippen LogP contribution in [0.15, 0.2) is 22.9 Å². The summed E-state index contributed by atoms with van der Waals surface area (Å²) >= 11 is 11.7. The molecular weight excluding hydrogens is 249 g/mol. The zero-order chi connectivity index (χ0) is 11.5. The van der Waals surface area contributed by atoms with Gasteiger partial charge in [-0.05, 0) is 13.0 Å². The van der Waals surface area contributed by atoms with E-state index in [0.717, 1.165) is 11.5 Å². The van der Waals surface area contributed by atoms with E-state index < -0.39 is 0 Å². The van der Waals surface area contributed by atoms with E-state index >= 15 is 0 Å². The molecule has 1 N–H and O–H groups in total. The fourth-order valence-corrected chi connectivity index (χ4v) is 1.66. The molecule has 0 unspecified atom stereocenters. The first-order valence-corrected chi connectivity index (χ1v) is 5.38. The standard InChI is InChI=1S/C10H9Cl2N3O/c1-6-2-8(16-15-6)5-14-10-9(12)3-7(11)4-13-10/h2-4H,5H2,1H3,(H,13,14). The number of hydrogen-bond acceptors (Lipinski definition) is 4. The maximum atomic E-state index is 5.95. The highest BCUT2D eigenvalue weighted by Gasteiger charge is 2.04. The summed E-state index contributed by atoms with van der Waals surface area (Å²) in [5.74, 6) is 1.30. The van der Waals surface area contributed by atoms with Crippen LogP contribution in [0.25, 0.3) is 0 Å². The van der Waals surface area contributed by atoms with Gasteiger partial charge in [0, 0.05) is 12.3 Å². The number of pyridine rings is 1. The van der Waals surface area contributed by atoms with Crippen LogP contribution in [0.2, 0.25) is 10.0 Å². The SMILES string of the molecule is Cc1cc(CNc2ncc(Cl)cc2Cl)on1. The van der Waals surface area contributed by atoms with Crippen LogP contribution in [0.3, 0.4) is 0 Å². The van der Waals surface area contributed by atoms with Crippen molar-refractivity contribution < 1.29 is 4.52 Å². The zero-order valence-corrected chi connectivity index (χ0v) is 10.0. The molecular formula is C10H9Cl2N3O. The van der Waals surface area contributed by atoms with E-state index in [1.54, 1.807) is 6.07 Å². The Kier molecular flexibility index (Phi) is 3.31. The Labute approximate surface area is 103 Å². The van der Waals surface area contributed by atoms with Crippen LogP contribution in [-0.2, 0) is 6.54 Å². The molecule has 0 aliphatic carbocycles. The minimum atomic E-state index is 0.476. The normalized spacial score (nSPS) is 10.4. The van der Waals surface area contributed by atoms with Crippen molar-refractivity contribution in [2.45, 2.75) is 13.5 Å². The smallest absolute Gasteiger partial charge is 0.156 e. The van der Waals surface area contributed by atoms with E-state index in [9.17, 15) is 0 Å². The first kappa shape index (κ1) is 11.2. The van der Waals surface area contributed by atoms with Crippen LogP contribution >= 0.6 is 23.2 Å². The molecule has 0 aliphatic rings. The third-order valence-electron chi connectivity index (χ3n) is 1.91. The number of aryl methyl sites for hydroxylation is 1. The number of nitrogens with zero attached hydrogens (tertiary/aromatic N) is 2. The van der Waals surface area contributed by atoms with Crippen LogP contribution in [0, 0.1) is 6.92 Å². The molecule has 0 aliphatic heterocycles. The number of halogens is 2. The second-order valence-corrected chi connectivity index (χ2v) is 4.12. The molecule has 84 valence electrons. The highest BCUT2D eigenvalue weighted by molar-refractivity contribution is 6.35. The number of rotatable bonds is 3. The molecule has 0 saturated carbocycles. The molecule has 0 radical (unpaired) electrons. The quantitative estimate of drug-likeness (QED) is 0.917. The summed E-state index contributed by atoms with van der Waals surface area (Å²) in [6.07, 6.45) is 1.53. The van der Waals surface area contributed by atoms with Crippen molar-refractivity contribution in [3.63, 3.8) is 0 Å². The van der Waals surface area contributed by atoms with Gasteiger partial charge in [-0.3, -0.25) is 0 Å². The van der Waals surface area contributed by atoms with Crippen LogP contribution in [0.1, 0.15) is 11.5 Å². The van der Waals surface area contributed by atoms with Crippen LogP contribution in [-0.4, -0.2) is 10.1 Å². The predicted octanol–water partition coefficient (Wildman–Crippen LogP) is 3.30. The van der Waals surface area contributed by atoms with Crippen molar-refractivity contribution in [3.8, 4) is 0 Å². The second kappa shape index (κ2) is 4.72. The highest BCUT2D eigenvalue weighted by atomic mass is 35.5. The summed E-state index contributed by atoms with van der Waals surface area (Å²) in [6, 6.07) is 3.47. The molecule has 0 fully saturated rings. The summed E-state index contributed by atoms with van der Waals surface area (Å²) in [5.41, 5.74) is 0.840. The van der Waals surface area contributed by atoms with Crippen LogP contribution in [0.5, 0.6) is 0 Å². The summed E-state index contributed by atoms with van der Waals surface area (Å²) in [4.78, 5) is 4.06. The predicted molar refractivity (Wildman–Crippen MR) is 62.8 cm³/mol. The topological polar surface area (TPSA) is 51.0 Å². The molecule has 16 heavy (non-hydrogen) atoms. The largest absolute Gasteiger partial charge is 0.361 e. The third-order valence-corrected chi connectivity index (χ3v) is 2.41. The van der Waals surface area contributed by atoms with Gasteiger partial charge in [-0.25, -0.2) is 4.98 Å². The molecule has 4 nitrogen and oxygen atoms in total. The summed E-state index contributed by atoms with van der Waals surface area (Å²) in [6.45, 7) is 2.34. The first-order valence-electron chi connectivity index (χ1n) is 4.62. The van der Waals surface area contributed by atoms with Crippen molar-refractivity contribution >= 4 is 29.0 Å². The van der Waals surface area contributed by atoms with Gasteiger partial charge in [0.1, 0.15) is 5.82 Å². The van der Waals surface area contributed by atoms with E-state index in [-0.39, 0.29) is 0 Å². The first-order chi connectivity index (χ1) is 7.65. The van der Waals surface area contributed by atoms with Crippen molar-refractivity contribution in [2.24, 2.45) is 0 Å². The van der Waals surface area contributed by atoms with E-state index in [2.05, 4.69) is 15.5 Å². The Hall–Kier alpha value is -1.26. The van der Waals surface area contributed by atoms with Crippen molar-refractivity contribution in [1.29, 1.82) is 0 Å². The Morgan fingerprint density at radius 1 is 1.38 bits per heavy atom. The minimum Gasteiger partial charge on any atom is -0.361 e. The Bertz CT molecular complexity index is 499. The monoisotopic (exact) mass is 257 g/mol. The number of hydrogen-bond donors (Lipinski definition) is 1. The molecule has 0 amide bonds. The molecule has 0 bridgehead atoms. The number of anilines is 1. The Balaban J connectivity index is 2.04. The fraction of sp³-hybridized carbons (Fsp3) is 0.200. The van der Waals surface area contributed by atoms with Gasteiger partial charge in [-0.1, -0.05) is 28.4 Å². The second-order valence-electron chi connectivity index (χ2n) is 3.27. The zero-order valence-electron chi connectivity index (χ0n) is 8.50. The fourth-order valence-electron chi connectivity index (χ4n) is 1.22. The van der Waals surface area contributed by atoms with Crippen molar-refractivity contribution in [2.75, 3.05) is 5.32 Å².